The Morgan fingerprint density at radius 1 is 1.14 bits per heavy atom. The number of nitrogen functional groups attached to an aromatic ring is 1. The van der Waals surface area contributed by atoms with Gasteiger partial charge in [0, 0.05) is 29.1 Å². The molecule has 21 heavy (non-hydrogen) atoms. The molecule has 3 rings (SSSR count). The lowest BCUT2D eigenvalue weighted by Gasteiger charge is -2.05. The molecule has 0 saturated carbocycles. The molecule has 0 saturated heterocycles. The van der Waals surface area contributed by atoms with Gasteiger partial charge in [0.05, 0.1) is 0 Å². The molecular weight excluding hydrogens is 304 g/mol. The molecule has 0 aliphatic carbocycles. The maximum absolute atomic E-state index is 5.87. The van der Waals surface area contributed by atoms with Gasteiger partial charge < -0.3 is 5.73 Å². The molecule has 0 aliphatic rings. The molecule has 0 fully saturated rings. The van der Waals surface area contributed by atoms with Gasteiger partial charge in [0.1, 0.15) is 11.0 Å². The highest BCUT2D eigenvalue weighted by atomic mass is 35.5. The highest BCUT2D eigenvalue weighted by Gasteiger charge is 2.05. The second kappa shape index (κ2) is 6.28. The maximum Gasteiger partial charge on any atom is 0.190 e. The van der Waals surface area contributed by atoms with Crippen molar-refractivity contribution in [1.29, 1.82) is 0 Å². The molecule has 0 radical (unpaired) electrons. The summed E-state index contributed by atoms with van der Waals surface area (Å²) in [5.74, 6) is 1.21. The zero-order valence-corrected chi connectivity index (χ0v) is 12.7. The van der Waals surface area contributed by atoms with Crippen LogP contribution in [0.2, 0.25) is 5.15 Å². The van der Waals surface area contributed by atoms with Crippen LogP contribution >= 0.6 is 23.4 Å². The van der Waals surface area contributed by atoms with E-state index in [0.717, 1.165) is 17.9 Å². The smallest absolute Gasteiger partial charge is 0.190 e. The Morgan fingerprint density at radius 2 is 2.00 bits per heavy atom. The van der Waals surface area contributed by atoms with Gasteiger partial charge in [-0.2, -0.15) is 0 Å². The number of benzene rings is 1. The fourth-order valence-corrected chi connectivity index (χ4v) is 3.15. The summed E-state index contributed by atoms with van der Waals surface area (Å²) >= 11 is 7.39. The minimum Gasteiger partial charge on any atom is -0.384 e. The summed E-state index contributed by atoms with van der Waals surface area (Å²) in [6.45, 7) is 0. The Kier molecular flexibility index (Phi) is 4.22. The Balaban J connectivity index is 1.72. The first-order valence-corrected chi connectivity index (χ1v) is 7.84. The number of pyridine rings is 1. The molecule has 4 nitrogen and oxygen atoms in total. The lowest BCUT2D eigenvalue weighted by Crippen LogP contribution is -1.98. The Morgan fingerprint density at radius 3 is 2.86 bits per heavy atom. The average Bonchev–Trinajstić information content (AvgIpc) is 2.46. The number of fused-ring (bicyclic) bond motifs is 1. The van der Waals surface area contributed by atoms with Gasteiger partial charge in [0.2, 0.25) is 0 Å². The molecule has 3 aromatic rings. The van der Waals surface area contributed by atoms with Gasteiger partial charge in [-0.05, 0) is 17.9 Å². The summed E-state index contributed by atoms with van der Waals surface area (Å²) in [5, 5.41) is 3.36. The number of nitrogens with two attached hydrogens (primary N) is 1. The number of aromatic nitrogens is 3. The van der Waals surface area contributed by atoms with Gasteiger partial charge in [0.15, 0.2) is 5.16 Å². The van der Waals surface area contributed by atoms with Crippen molar-refractivity contribution in [2.45, 2.75) is 11.6 Å². The second-order valence-corrected chi connectivity index (χ2v) is 5.92. The van der Waals surface area contributed by atoms with Crippen LogP contribution in [-0.2, 0) is 6.42 Å². The number of rotatable bonds is 4. The minimum absolute atomic E-state index is 0.369. The summed E-state index contributed by atoms with van der Waals surface area (Å²) in [6, 6.07) is 11.8. The van der Waals surface area contributed by atoms with Crippen molar-refractivity contribution >= 4 is 40.0 Å². The van der Waals surface area contributed by atoms with Crippen LogP contribution in [0.5, 0.6) is 0 Å². The summed E-state index contributed by atoms with van der Waals surface area (Å²) in [4.78, 5) is 12.8. The van der Waals surface area contributed by atoms with Crippen LogP contribution in [0.3, 0.4) is 0 Å². The van der Waals surface area contributed by atoms with Gasteiger partial charge in [-0.3, -0.25) is 4.98 Å². The summed E-state index contributed by atoms with van der Waals surface area (Å²) in [5.41, 5.74) is 6.73. The lowest BCUT2D eigenvalue weighted by atomic mass is 10.1. The fourth-order valence-electron chi connectivity index (χ4n) is 2.10. The normalized spacial score (nSPS) is 10.9. The van der Waals surface area contributed by atoms with Crippen molar-refractivity contribution < 1.29 is 0 Å². The topological polar surface area (TPSA) is 64.7 Å². The highest BCUT2D eigenvalue weighted by Crippen LogP contribution is 2.21. The van der Waals surface area contributed by atoms with Crippen molar-refractivity contribution in [3.8, 4) is 0 Å². The van der Waals surface area contributed by atoms with E-state index in [1.54, 1.807) is 0 Å². The van der Waals surface area contributed by atoms with Crippen molar-refractivity contribution in [1.82, 2.24) is 15.0 Å². The Hall–Kier alpha value is -1.85. The van der Waals surface area contributed by atoms with E-state index in [0.29, 0.717) is 16.1 Å². The van der Waals surface area contributed by atoms with Crippen LogP contribution in [0.25, 0.3) is 10.8 Å². The van der Waals surface area contributed by atoms with Gasteiger partial charge >= 0.3 is 0 Å². The highest BCUT2D eigenvalue weighted by molar-refractivity contribution is 7.99. The number of hydrogen-bond acceptors (Lipinski definition) is 5. The third-order valence-corrected chi connectivity index (χ3v) is 4.06. The lowest BCUT2D eigenvalue weighted by molar-refractivity contribution is 0.970. The first-order chi connectivity index (χ1) is 10.2. The molecule has 2 aromatic heterocycles. The number of anilines is 1. The predicted octanol–water partition coefficient (Wildman–Crippen LogP) is 3.60. The van der Waals surface area contributed by atoms with E-state index in [1.807, 2.05) is 24.4 Å². The largest absolute Gasteiger partial charge is 0.384 e. The van der Waals surface area contributed by atoms with E-state index in [-0.39, 0.29) is 0 Å². The first kappa shape index (κ1) is 14.1. The quantitative estimate of drug-likeness (QED) is 0.452. The molecule has 0 spiro atoms. The Bertz CT molecular complexity index is 753. The maximum atomic E-state index is 5.87. The van der Waals surface area contributed by atoms with Crippen molar-refractivity contribution in [3.63, 3.8) is 0 Å². The zero-order chi connectivity index (χ0) is 14.7. The van der Waals surface area contributed by atoms with Gasteiger partial charge in [0.25, 0.3) is 0 Å². The standard InChI is InChI=1S/C15H13ClN4S/c16-13-9-14(17)20-15(19-13)21-8-6-12-11-4-2-1-3-10(11)5-7-18-12/h1-5,7,9H,6,8H2,(H2,17,19,20). The molecule has 0 bridgehead atoms. The molecule has 0 amide bonds. The van der Waals surface area contributed by atoms with Crippen LogP contribution in [0.1, 0.15) is 5.69 Å². The molecule has 6 heteroatoms. The number of hydrogen-bond donors (Lipinski definition) is 1. The van der Waals surface area contributed by atoms with Gasteiger partial charge in [-0.1, -0.05) is 47.6 Å². The van der Waals surface area contributed by atoms with E-state index in [2.05, 4.69) is 27.1 Å². The van der Waals surface area contributed by atoms with Gasteiger partial charge in [-0.15, -0.1) is 0 Å². The van der Waals surface area contributed by atoms with E-state index in [9.17, 15) is 0 Å². The predicted molar refractivity (Wildman–Crippen MR) is 87.6 cm³/mol. The third-order valence-electron chi connectivity index (χ3n) is 3.02. The molecule has 0 unspecified atom stereocenters. The van der Waals surface area contributed by atoms with Crippen LogP contribution < -0.4 is 5.73 Å². The molecule has 0 atom stereocenters. The molecule has 1 aromatic carbocycles. The third kappa shape index (κ3) is 3.43. The summed E-state index contributed by atoms with van der Waals surface area (Å²) in [7, 11) is 0. The number of thioether (sulfide) groups is 1. The van der Waals surface area contributed by atoms with Crippen LogP contribution in [-0.4, -0.2) is 20.7 Å². The van der Waals surface area contributed by atoms with E-state index >= 15 is 0 Å². The molecule has 0 aliphatic heterocycles. The zero-order valence-electron chi connectivity index (χ0n) is 11.2. The molecule has 2 heterocycles. The minimum atomic E-state index is 0.369. The van der Waals surface area contributed by atoms with Crippen molar-refractivity contribution in [2.75, 3.05) is 11.5 Å². The van der Waals surface area contributed by atoms with Crippen molar-refractivity contribution in [2.24, 2.45) is 0 Å². The second-order valence-electron chi connectivity index (χ2n) is 4.48. The molecule has 106 valence electrons. The molecule has 2 N–H and O–H groups in total. The number of halogens is 1. The summed E-state index contributed by atoms with van der Waals surface area (Å²) < 4.78 is 0. The average molecular weight is 317 g/mol. The fraction of sp³-hybridized carbons (Fsp3) is 0.133. The number of nitrogens with zero attached hydrogens (tertiary/aromatic N) is 3. The molecular formula is C15H13ClN4S. The van der Waals surface area contributed by atoms with Crippen LogP contribution in [0, 0.1) is 0 Å². The van der Waals surface area contributed by atoms with Crippen LogP contribution in [0.15, 0.2) is 47.8 Å². The monoisotopic (exact) mass is 316 g/mol. The van der Waals surface area contributed by atoms with Crippen molar-refractivity contribution in [3.05, 3.63) is 53.4 Å². The van der Waals surface area contributed by atoms with Crippen LogP contribution in [0.4, 0.5) is 5.82 Å². The number of aryl methyl sites for hydroxylation is 1. The van der Waals surface area contributed by atoms with E-state index in [1.165, 1.54) is 28.6 Å². The van der Waals surface area contributed by atoms with E-state index < -0.39 is 0 Å². The first-order valence-electron chi connectivity index (χ1n) is 6.48. The summed E-state index contributed by atoms with van der Waals surface area (Å²) in [6.07, 6.45) is 2.68. The SMILES string of the molecule is Nc1cc(Cl)nc(SCCc2nccc3ccccc23)n1. The van der Waals surface area contributed by atoms with Gasteiger partial charge in [-0.25, -0.2) is 9.97 Å². The van der Waals surface area contributed by atoms with E-state index in [4.69, 9.17) is 17.3 Å². The Labute approximate surface area is 131 Å².